The highest BCUT2D eigenvalue weighted by Gasteiger charge is 2.15. The molecule has 0 atom stereocenters. The summed E-state index contributed by atoms with van der Waals surface area (Å²) in [5, 5.41) is 3.40. The second kappa shape index (κ2) is 10.8. The van der Waals surface area contributed by atoms with E-state index >= 15 is 0 Å². The number of amides is 1. The van der Waals surface area contributed by atoms with Crippen LogP contribution in [-0.2, 0) is 13.0 Å². The lowest BCUT2D eigenvalue weighted by molar-refractivity contribution is 0.0960. The molecule has 196 valence electrons. The number of rotatable bonds is 8. The highest BCUT2D eigenvalue weighted by Crippen LogP contribution is 2.29. The fourth-order valence-electron chi connectivity index (χ4n) is 4.51. The number of hydrogen-bond acceptors (Lipinski definition) is 4. The standard InChI is InChI=1S/C30H24F2N4O3/c1-33-29(38)21-14-23-24(16-35-28(23)34-15-21)20-5-2-4-18(12-20)8-10-27(37)22-6-3-11-36(30(22)39)17-19-7-9-25(31)26(32)13-19/h2-7,9,11-16H,8,10,17H2,1H3,(H,33,38)(H,34,35). The number of fused-ring (bicyclic) bond motifs is 1. The number of Topliss-reactive ketones (excluding diaryl/α,β-unsaturated/α-hetero) is 1. The number of aromatic nitrogens is 3. The Morgan fingerprint density at radius 3 is 2.64 bits per heavy atom. The highest BCUT2D eigenvalue weighted by molar-refractivity contribution is 6.01. The minimum absolute atomic E-state index is 0.0142. The van der Waals surface area contributed by atoms with Crippen molar-refractivity contribution in [1.82, 2.24) is 19.9 Å². The number of nitrogens with one attached hydrogen (secondary N) is 2. The minimum Gasteiger partial charge on any atom is -0.355 e. The lowest BCUT2D eigenvalue weighted by Gasteiger charge is -2.09. The zero-order valence-electron chi connectivity index (χ0n) is 21.0. The van der Waals surface area contributed by atoms with Gasteiger partial charge in [-0.25, -0.2) is 13.8 Å². The van der Waals surface area contributed by atoms with Gasteiger partial charge in [-0.3, -0.25) is 14.4 Å². The number of ketones is 1. The minimum atomic E-state index is -0.995. The van der Waals surface area contributed by atoms with Gasteiger partial charge in [-0.05, 0) is 53.4 Å². The number of pyridine rings is 2. The summed E-state index contributed by atoms with van der Waals surface area (Å²) in [7, 11) is 1.56. The molecule has 0 unspecified atom stereocenters. The van der Waals surface area contributed by atoms with Gasteiger partial charge in [0.15, 0.2) is 17.4 Å². The Morgan fingerprint density at radius 2 is 1.85 bits per heavy atom. The monoisotopic (exact) mass is 526 g/mol. The van der Waals surface area contributed by atoms with E-state index in [0.717, 1.165) is 34.2 Å². The van der Waals surface area contributed by atoms with Crippen LogP contribution >= 0.6 is 0 Å². The molecular weight excluding hydrogens is 502 g/mol. The molecule has 0 aliphatic rings. The zero-order chi connectivity index (χ0) is 27.5. The maximum absolute atomic E-state index is 13.6. The molecule has 7 nitrogen and oxygen atoms in total. The smallest absolute Gasteiger partial charge is 0.261 e. The lowest BCUT2D eigenvalue weighted by atomic mass is 9.98. The van der Waals surface area contributed by atoms with Crippen LogP contribution < -0.4 is 10.9 Å². The number of aromatic amines is 1. The van der Waals surface area contributed by atoms with Crippen molar-refractivity contribution in [2.75, 3.05) is 7.05 Å². The molecule has 0 saturated heterocycles. The normalized spacial score (nSPS) is 11.1. The van der Waals surface area contributed by atoms with Crippen molar-refractivity contribution in [3.63, 3.8) is 0 Å². The van der Waals surface area contributed by atoms with E-state index in [1.807, 2.05) is 30.5 Å². The van der Waals surface area contributed by atoms with Crippen LogP contribution in [0.5, 0.6) is 0 Å². The molecule has 0 bridgehead atoms. The SMILES string of the molecule is CNC(=O)c1cnc2[nH]cc(-c3cccc(CCC(=O)c4cccn(Cc5ccc(F)c(F)c5)c4=O)c3)c2c1. The molecule has 5 rings (SSSR count). The van der Waals surface area contributed by atoms with Crippen molar-refractivity contribution >= 4 is 22.7 Å². The molecule has 0 saturated carbocycles. The molecule has 3 aromatic heterocycles. The summed E-state index contributed by atoms with van der Waals surface area (Å²) < 4.78 is 28.1. The number of nitrogens with zero attached hydrogens (tertiary/aromatic N) is 2. The Balaban J connectivity index is 1.33. The third kappa shape index (κ3) is 5.38. The van der Waals surface area contributed by atoms with E-state index in [1.54, 1.807) is 19.2 Å². The molecular formula is C30H24F2N4O3. The molecule has 1 amide bonds. The second-order valence-electron chi connectivity index (χ2n) is 9.13. The Hall–Kier alpha value is -4.92. The van der Waals surface area contributed by atoms with Crippen LogP contribution in [0.2, 0.25) is 0 Å². The van der Waals surface area contributed by atoms with E-state index in [4.69, 9.17) is 0 Å². The summed E-state index contributed by atoms with van der Waals surface area (Å²) in [6.45, 7) is 0.0142. The van der Waals surface area contributed by atoms with Crippen molar-refractivity contribution in [2.45, 2.75) is 19.4 Å². The number of H-pyrrole nitrogens is 1. The largest absolute Gasteiger partial charge is 0.355 e. The topological polar surface area (TPSA) is 96.8 Å². The fraction of sp³-hybridized carbons (Fsp3) is 0.133. The van der Waals surface area contributed by atoms with Crippen molar-refractivity contribution < 1.29 is 18.4 Å². The molecule has 39 heavy (non-hydrogen) atoms. The van der Waals surface area contributed by atoms with Gasteiger partial charge >= 0.3 is 0 Å². The number of aryl methyl sites for hydroxylation is 1. The molecule has 0 spiro atoms. The van der Waals surface area contributed by atoms with E-state index in [2.05, 4.69) is 15.3 Å². The van der Waals surface area contributed by atoms with E-state index in [-0.39, 0.29) is 30.2 Å². The predicted octanol–water partition coefficient (Wildman–Crippen LogP) is 4.89. The Bertz CT molecular complexity index is 1770. The van der Waals surface area contributed by atoms with Gasteiger partial charge in [0, 0.05) is 43.0 Å². The molecule has 0 aliphatic carbocycles. The van der Waals surface area contributed by atoms with Crippen LogP contribution in [0.1, 0.15) is 38.3 Å². The van der Waals surface area contributed by atoms with Crippen LogP contribution in [0, 0.1) is 11.6 Å². The summed E-state index contributed by atoms with van der Waals surface area (Å²) >= 11 is 0. The van der Waals surface area contributed by atoms with Crippen molar-refractivity contribution in [1.29, 1.82) is 0 Å². The van der Waals surface area contributed by atoms with Gasteiger partial charge in [-0.15, -0.1) is 0 Å². The predicted molar refractivity (Wildman–Crippen MR) is 144 cm³/mol. The maximum Gasteiger partial charge on any atom is 0.261 e. The number of carbonyl (C=O) groups excluding carboxylic acids is 2. The molecule has 0 aliphatic heterocycles. The zero-order valence-corrected chi connectivity index (χ0v) is 21.0. The molecule has 5 aromatic rings. The second-order valence-corrected chi connectivity index (χ2v) is 9.13. The van der Waals surface area contributed by atoms with Gasteiger partial charge in [-0.1, -0.05) is 30.3 Å². The quantitative estimate of drug-likeness (QED) is 0.281. The summed E-state index contributed by atoms with van der Waals surface area (Å²) in [6.07, 6.45) is 5.38. The van der Waals surface area contributed by atoms with E-state index in [1.165, 1.54) is 29.1 Å². The number of halogens is 2. The Labute approximate surface area is 222 Å². The van der Waals surface area contributed by atoms with E-state index in [0.29, 0.717) is 23.2 Å². The van der Waals surface area contributed by atoms with Crippen molar-refractivity contribution in [2.24, 2.45) is 0 Å². The van der Waals surface area contributed by atoms with Gasteiger partial charge < -0.3 is 14.9 Å². The lowest BCUT2D eigenvalue weighted by Crippen LogP contribution is -2.26. The summed E-state index contributed by atoms with van der Waals surface area (Å²) in [4.78, 5) is 45.5. The summed E-state index contributed by atoms with van der Waals surface area (Å²) in [5.41, 5.74) is 3.75. The van der Waals surface area contributed by atoms with Crippen LogP contribution in [-0.4, -0.2) is 33.3 Å². The first-order chi connectivity index (χ1) is 18.8. The molecule has 2 aromatic carbocycles. The van der Waals surface area contributed by atoms with Gasteiger partial charge in [0.05, 0.1) is 17.7 Å². The summed E-state index contributed by atoms with van der Waals surface area (Å²) in [5.74, 6) is -2.50. The average molecular weight is 527 g/mol. The van der Waals surface area contributed by atoms with Crippen LogP contribution in [0.15, 0.2) is 84.0 Å². The highest BCUT2D eigenvalue weighted by atomic mass is 19.2. The average Bonchev–Trinajstić information content (AvgIpc) is 3.38. The van der Waals surface area contributed by atoms with Crippen LogP contribution in [0.4, 0.5) is 8.78 Å². The number of hydrogen-bond donors (Lipinski definition) is 2. The Kier molecular flexibility index (Phi) is 7.14. The van der Waals surface area contributed by atoms with Gasteiger partial charge in [0.2, 0.25) is 0 Å². The molecule has 9 heteroatoms. The molecule has 0 radical (unpaired) electrons. The van der Waals surface area contributed by atoms with Crippen LogP contribution in [0.3, 0.4) is 0 Å². The maximum atomic E-state index is 13.6. The van der Waals surface area contributed by atoms with Crippen molar-refractivity contribution in [3.05, 3.63) is 123 Å². The third-order valence-electron chi connectivity index (χ3n) is 6.56. The molecule has 0 fully saturated rings. The number of benzene rings is 2. The first kappa shape index (κ1) is 25.7. The third-order valence-corrected chi connectivity index (χ3v) is 6.56. The first-order valence-corrected chi connectivity index (χ1v) is 12.3. The molecule has 3 heterocycles. The first-order valence-electron chi connectivity index (χ1n) is 12.3. The molecule has 2 N–H and O–H groups in total. The summed E-state index contributed by atoms with van der Waals surface area (Å²) in [6, 6.07) is 16.0. The fourth-order valence-corrected chi connectivity index (χ4v) is 4.51. The van der Waals surface area contributed by atoms with E-state index < -0.39 is 17.2 Å². The van der Waals surface area contributed by atoms with Gasteiger partial charge in [0.1, 0.15) is 5.65 Å². The van der Waals surface area contributed by atoms with E-state index in [9.17, 15) is 23.2 Å². The van der Waals surface area contributed by atoms with Crippen LogP contribution in [0.25, 0.3) is 22.2 Å². The van der Waals surface area contributed by atoms with Crippen molar-refractivity contribution in [3.8, 4) is 11.1 Å². The van der Waals surface area contributed by atoms with Gasteiger partial charge in [0.25, 0.3) is 11.5 Å². The number of carbonyl (C=O) groups is 2. The Morgan fingerprint density at radius 1 is 1.00 bits per heavy atom. The van der Waals surface area contributed by atoms with Gasteiger partial charge in [-0.2, -0.15) is 0 Å².